The van der Waals surface area contributed by atoms with Gasteiger partial charge in [-0.15, -0.1) is 0 Å². The molecule has 0 bridgehead atoms. The molecule has 2 aromatic rings. The molecule has 0 aliphatic heterocycles. The maximum Gasteiger partial charge on any atom is 0.143 e. The summed E-state index contributed by atoms with van der Waals surface area (Å²) < 4.78 is 1.09. The van der Waals surface area contributed by atoms with E-state index in [1.165, 1.54) is 0 Å². The van der Waals surface area contributed by atoms with Gasteiger partial charge in [0.1, 0.15) is 11.6 Å². The Morgan fingerprint density at radius 2 is 2.11 bits per heavy atom. The Morgan fingerprint density at radius 1 is 1.26 bits per heavy atom. The first-order valence-electron chi connectivity index (χ1n) is 6.37. The largest absolute Gasteiger partial charge is 0.369 e. The zero-order chi connectivity index (χ0) is 13.7. The molecule has 4 nitrogen and oxygen atoms in total. The van der Waals surface area contributed by atoms with Crippen LogP contribution in [0.2, 0.25) is 0 Å². The number of hydrogen-bond acceptors (Lipinski definition) is 4. The van der Waals surface area contributed by atoms with E-state index in [1.807, 2.05) is 25.1 Å². The summed E-state index contributed by atoms with van der Waals surface area (Å²) in [6.07, 6.45) is 3.54. The molecule has 0 atom stereocenters. The molecule has 2 rings (SSSR count). The number of aryl methyl sites for hydroxylation is 1. The second-order valence-corrected chi connectivity index (χ2v) is 5.39. The van der Waals surface area contributed by atoms with Gasteiger partial charge in [-0.2, -0.15) is 0 Å². The molecule has 5 heteroatoms. The Morgan fingerprint density at radius 3 is 2.79 bits per heavy atom. The molecule has 2 aromatic heterocycles. The van der Waals surface area contributed by atoms with Gasteiger partial charge in [-0.25, -0.2) is 9.97 Å². The van der Waals surface area contributed by atoms with E-state index in [9.17, 15) is 0 Å². The first-order valence-corrected chi connectivity index (χ1v) is 7.45. The third-order valence-corrected chi connectivity index (χ3v) is 3.96. The lowest BCUT2D eigenvalue weighted by molar-refractivity contribution is 0.894. The SMILES string of the molecule is CCCNc1nc(Cc2ccccn2)nc(C)c1I. The maximum atomic E-state index is 4.60. The van der Waals surface area contributed by atoms with E-state index in [0.29, 0.717) is 6.42 Å². The molecule has 19 heavy (non-hydrogen) atoms. The van der Waals surface area contributed by atoms with E-state index >= 15 is 0 Å². The fraction of sp³-hybridized carbons (Fsp3) is 0.357. The van der Waals surface area contributed by atoms with Crippen LogP contribution < -0.4 is 5.32 Å². The van der Waals surface area contributed by atoms with Crippen molar-refractivity contribution in [2.45, 2.75) is 26.7 Å². The molecule has 0 aromatic carbocycles. The summed E-state index contributed by atoms with van der Waals surface area (Å²) >= 11 is 2.29. The van der Waals surface area contributed by atoms with Crippen molar-refractivity contribution in [1.82, 2.24) is 15.0 Å². The number of pyridine rings is 1. The van der Waals surface area contributed by atoms with Crippen molar-refractivity contribution in [2.24, 2.45) is 0 Å². The Balaban J connectivity index is 2.23. The Kier molecular flexibility index (Phi) is 5.07. The van der Waals surface area contributed by atoms with Gasteiger partial charge in [-0.3, -0.25) is 4.98 Å². The van der Waals surface area contributed by atoms with Gasteiger partial charge < -0.3 is 5.32 Å². The lowest BCUT2D eigenvalue weighted by Gasteiger charge is -2.10. The predicted molar refractivity (Wildman–Crippen MR) is 85.3 cm³/mol. The summed E-state index contributed by atoms with van der Waals surface area (Å²) in [7, 11) is 0. The van der Waals surface area contributed by atoms with E-state index in [1.54, 1.807) is 6.20 Å². The van der Waals surface area contributed by atoms with Gasteiger partial charge in [-0.05, 0) is 48.1 Å². The van der Waals surface area contributed by atoms with Crippen LogP contribution in [0.1, 0.15) is 30.6 Å². The Labute approximate surface area is 127 Å². The highest BCUT2D eigenvalue weighted by Gasteiger charge is 2.09. The highest BCUT2D eigenvalue weighted by Crippen LogP contribution is 2.19. The summed E-state index contributed by atoms with van der Waals surface area (Å²) in [5, 5.41) is 3.35. The second-order valence-electron chi connectivity index (χ2n) is 4.31. The van der Waals surface area contributed by atoms with Gasteiger partial charge in [0, 0.05) is 18.4 Å². The van der Waals surface area contributed by atoms with Gasteiger partial charge in [-0.1, -0.05) is 13.0 Å². The van der Waals surface area contributed by atoms with Crippen LogP contribution in [0.3, 0.4) is 0 Å². The van der Waals surface area contributed by atoms with Crippen LogP contribution in [0.5, 0.6) is 0 Å². The standard InChI is InChI=1S/C14H17IN4/c1-3-7-17-14-13(15)10(2)18-12(19-14)9-11-6-4-5-8-16-11/h4-6,8H,3,7,9H2,1-2H3,(H,17,18,19). The molecule has 2 heterocycles. The average molecular weight is 368 g/mol. The molecule has 0 saturated heterocycles. The van der Waals surface area contributed by atoms with Crippen molar-refractivity contribution in [2.75, 3.05) is 11.9 Å². The molecule has 0 saturated carbocycles. The normalized spacial score (nSPS) is 10.5. The minimum Gasteiger partial charge on any atom is -0.369 e. The molecule has 0 aliphatic carbocycles. The number of anilines is 1. The van der Waals surface area contributed by atoms with Crippen molar-refractivity contribution in [3.8, 4) is 0 Å². The number of aromatic nitrogens is 3. The fourth-order valence-electron chi connectivity index (χ4n) is 1.72. The molecule has 0 radical (unpaired) electrons. The Bertz CT molecular complexity index is 543. The third-order valence-electron chi connectivity index (χ3n) is 2.67. The quantitative estimate of drug-likeness (QED) is 0.824. The van der Waals surface area contributed by atoms with Gasteiger partial charge >= 0.3 is 0 Å². The van der Waals surface area contributed by atoms with Crippen molar-refractivity contribution in [3.05, 3.63) is 45.2 Å². The van der Waals surface area contributed by atoms with Crippen LogP contribution in [0.4, 0.5) is 5.82 Å². The topological polar surface area (TPSA) is 50.7 Å². The zero-order valence-electron chi connectivity index (χ0n) is 11.2. The zero-order valence-corrected chi connectivity index (χ0v) is 13.3. The smallest absolute Gasteiger partial charge is 0.143 e. The average Bonchev–Trinajstić information content (AvgIpc) is 2.42. The molecular formula is C14H17IN4. The van der Waals surface area contributed by atoms with Crippen LogP contribution in [0.25, 0.3) is 0 Å². The predicted octanol–water partition coefficient (Wildman–Crippen LogP) is 3.20. The van der Waals surface area contributed by atoms with Crippen LogP contribution in [0, 0.1) is 10.5 Å². The van der Waals surface area contributed by atoms with E-state index < -0.39 is 0 Å². The molecule has 0 fully saturated rings. The number of nitrogens with zero attached hydrogens (tertiary/aromatic N) is 3. The first-order chi connectivity index (χ1) is 9.20. The molecule has 100 valence electrons. The summed E-state index contributed by atoms with van der Waals surface area (Å²) in [4.78, 5) is 13.4. The van der Waals surface area contributed by atoms with Crippen LogP contribution >= 0.6 is 22.6 Å². The van der Waals surface area contributed by atoms with E-state index in [0.717, 1.165) is 39.6 Å². The van der Waals surface area contributed by atoms with Crippen molar-refractivity contribution in [3.63, 3.8) is 0 Å². The lowest BCUT2D eigenvalue weighted by atomic mass is 10.2. The summed E-state index contributed by atoms with van der Waals surface area (Å²) in [6, 6.07) is 5.89. The molecule has 0 amide bonds. The van der Waals surface area contributed by atoms with Crippen LogP contribution in [0.15, 0.2) is 24.4 Å². The minimum atomic E-state index is 0.666. The van der Waals surface area contributed by atoms with Crippen LogP contribution in [-0.4, -0.2) is 21.5 Å². The maximum absolute atomic E-state index is 4.60. The lowest BCUT2D eigenvalue weighted by Crippen LogP contribution is -2.09. The van der Waals surface area contributed by atoms with Crippen molar-refractivity contribution in [1.29, 1.82) is 0 Å². The van der Waals surface area contributed by atoms with E-state index in [4.69, 9.17) is 0 Å². The summed E-state index contributed by atoms with van der Waals surface area (Å²) in [5.74, 6) is 1.75. The first kappa shape index (κ1) is 14.2. The van der Waals surface area contributed by atoms with Crippen molar-refractivity contribution >= 4 is 28.4 Å². The number of hydrogen-bond donors (Lipinski definition) is 1. The van der Waals surface area contributed by atoms with Crippen molar-refractivity contribution < 1.29 is 0 Å². The van der Waals surface area contributed by atoms with Crippen LogP contribution in [-0.2, 0) is 6.42 Å². The van der Waals surface area contributed by atoms with Gasteiger partial charge in [0.15, 0.2) is 0 Å². The van der Waals surface area contributed by atoms with Gasteiger partial charge in [0.25, 0.3) is 0 Å². The summed E-state index contributed by atoms with van der Waals surface area (Å²) in [5.41, 5.74) is 2.00. The molecular weight excluding hydrogens is 351 g/mol. The van der Waals surface area contributed by atoms with Gasteiger partial charge in [0.05, 0.1) is 15.7 Å². The van der Waals surface area contributed by atoms with Gasteiger partial charge in [0.2, 0.25) is 0 Å². The van der Waals surface area contributed by atoms with E-state index in [-0.39, 0.29) is 0 Å². The minimum absolute atomic E-state index is 0.666. The molecule has 0 unspecified atom stereocenters. The molecule has 1 N–H and O–H groups in total. The Hall–Kier alpha value is -1.24. The number of rotatable bonds is 5. The second kappa shape index (κ2) is 6.79. The summed E-state index contributed by atoms with van der Waals surface area (Å²) in [6.45, 7) is 5.08. The fourth-order valence-corrected chi connectivity index (χ4v) is 2.15. The number of halogens is 1. The monoisotopic (exact) mass is 368 g/mol. The highest BCUT2D eigenvalue weighted by molar-refractivity contribution is 14.1. The third kappa shape index (κ3) is 3.86. The number of nitrogens with one attached hydrogen (secondary N) is 1. The van der Waals surface area contributed by atoms with E-state index in [2.05, 4.69) is 49.8 Å². The highest BCUT2D eigenvalue weighted by atomic mass is 127. The molecule has 0 spiro atoms. The molecule has 0 aliphatic rings.